The van der Waals surface area contributed by atoms with Crippen molar-refractivity contribution in [2.24, 2.45) is 0 Å². The van der Waals surface area contributed by atoms with E-state index in [4.69, 9.17) is 10.8 Å². The second kappa shape index (κ2) is 8.84. The van der Waals surface area contributed by atoms with E-state index in [1.165, 1.54) is 19.2 Å². The highest BCUT2D eigenvalue weighted by Crippen LogP contribution is 2.36. The van der Waals surface area contributed by atoms with E-state index in [0.717, 1.165) is 58.7 Å². The molecule has 9 heteroatoms. The van der Waals surface area contributed by atoms with Gasteiger partial charge in [0, 0.05) is 30.2 Å². The first-order valence-electron chi connectivity index (χ1n) is 10.9. The van der Waals surface area contributed by atoms with E-state index in [-0.39, 0.29) is 11.9 Å². The average Bonchev–Trinajstić information content (AvgIpc) is 3.47. The summed E-state index contributed by atoms with van der Waals surface area (Å²) in [6, 6.07) is 8.38. The molecule has 2 fully saturated rings. The number of carbonyl (C=O) groups is 1. The van der Waals surface area contributed by atoms with E-state index >= 15 is 0 Å². The molecule has 0 radical (unpaired) electrons. The predicted molar refractivity (Wildman–Crippen MR) is 124 cm³/mol. The standard InChI is InChI=1S/C22H27N7OS/c23-20-18-19(28-29(16-3-1-2-4-16)21(18)27-13-26-20)15-7-5-14(6-8-15)11-25-22(30)17-12-31-10-9-24-17/h5-8,13,16-17,24H,1-4,9-12H2,(H,25,30)(H2,23,26,27). The fourth-order valence-corrected chi connectivity index (χ4v) is 5.36. The number of hydrogen-bond acceptors (Lipinski definition) is 7. The Morgan fingerprint density at radius 1 is 1.23 bits per heavy atom. The van der Waals surface area contributed by atoms with Gasteiger partial charge in [0.05, 0.1) is 17.5 Å². The van der Waals surface area contributed by atoms with Crippen LogP contribution in [0.1, 0.15) is 37.3 Å². The van der Waals surface area contributed by atoms with Crippen LogP contribution in [0, 0.1) is 0 Å². The number of carbonyl (C=O) groups excluding carboxylic acids is 1. The van der Waals surface area contributed by atoms with Gasteiger partial charge in [-0.1, -0.05) is 37.1 Å². The molecule has 1 aliphatic heterocycles. The third-order valence-electron chi connectivity index (χ3n) is 6.12. The van der Waals surface area contributed by atoms with Gasteiger partial charge in [-0.3, -0.25) is 4.79 Å². The molecular formula is C22H27N7OS. The van der Waals surface area contributed by atoms with Crippen molar-refractivity contribution in [3.8, 4) is 11.3 Å². The van der Waals surface area contributed by atoms with Crippen molar-refractivity contribution in [3.63, 3.8) is 0 Å². The number of hydrogen-bond donors (Lipinski definition) is 3. The molecule has 1 amide bonds. The fraction of sp³-hybridized carbons (Fsp3) is 0.455. The van der Waals surface area contributed by atoms with E-state index in [9.17, 15) is 4.79 Å². The SMILES string of the molecule is Nc1ncnc2c1c(-c1ccc(CNC(=O)C3CSCCN3)cc1)nn2C1CCCC1. The molecule has 2 aliphatic rings. The molecule has 2 aromatic heterocycles. The molecule has 1 unspecified atom stereocenters. The lowest BCUT2D eigenvalue weighted by Crippen LogP contribution is -2.48. The van der Waals surface area contributed by atoms with Crippen LogP contribution in [0.4, 0.5) is 5.82 Å². The van der Waals surface area contributed by atoms with Crippen molar-refractivity contribution in [1.29, 1.82) is 0 Å². The number of nitrogens with one attached hydrogen (secondary N) is 2. The average molecular weight is 438 g/mol. The van der Waals surface area contributed by atoms with Gasteiger partial charge in [-0.2, -0.15) is 16.9 Å². The third kappa shape index (κ3) is 4.12. The zero-order valence-corrected chi connectivity index (χ0v) is 18.2. The van der Waals surface area contributed by atoms with Gasteiger partial charge in [0.25, 0.3) is 0 Å². The highest BCUT2D eigenvalue weighted by atomic mass is 32.2. The lowest BCUT2D eigenvalue weighted by molar-refractivity contribution is -0.122. The number of anilines is 1. The number of nitrogens with zero attached hydrogens (tertiary/aromatic N) is 4. The molecule has 0 bridgehead atoms. The van der Waals surface area contributed by atoms with Crippen molar-refractivity contribution in [3.05, 3.63) is 36.2 Å². The fourth-order valence-electron chi connectivity index (χ4n) is 4.43. The van der Waals surface area contributed by atoms with Crippen LogP contribution in [0.15, 0.2) is 30.6 Å². The Kier molecular flexibility index (Phi) is 5.78. The molecule has 4 N–H and O–H groups in total. The molecule has 1 saturated heterocycles. The summed E-state index contributed by atoms with van der Waals surface area (Å²) >= 11 is 1.81. The molecular weight excluding hydrogens is 410 g/mol. The van der Waals surface area contributed by atoms with Crippen LogP contribution in [0.3, 0.4) is 0 Å². The van der Waals surface area contributed by atoms with Gasteiger partial charge in [0.1, 0.15) is 17.8 Å². The Morgan fingerprint density at radius 2 is 2.03 bits per heavy atom. The summed E-state index contributed by atoms with van der Waals surface area (Å²) in [5, 5.41) is 12.0. The smallest absolute Gasteiger partial charge is 0.238 e. The second-order valence-electron chi connectivity index (χ2n) is 8.19. The van der Waals surface area contributed by atoms with Crippen LogP contribution in [0.5, 0.6) is 0 Å². The van der Waals surface area contributed by atoms with Crippen molar-refractivity contribution in [2.75, 3.05) is 23.8 Å². The van der Waals surface area contributed by atoms with Gasteiger partial charge in [-0.25, -0.2) is 14.6 Å². The monoisotopic (exact) mass is 437 g/mol. The predicted octanol–water partition coefficient (Wildman–Crippen LogP) is 2.51. The molecule has 1 saturated carbocycles. The largest absolute Gasteiger partial charge is 0.383 e. The second-order valence-corrected chi connectivity index (χ2v) is 9.34. The van der Waals surface area contributed by atoms with Gasteiger partial charge in [-0.05, 0) is 18.4 Å². The summed E-state index contributed by atoms with van der Waals surface area (Å²) in [7, 11) is 0. The zero-order valence-electron chi connectivity index (χ0n) is 17.4. The summed E-state index contributed by atoms with van der Waals surface area (Å²) < 4.78 is 2.04. The number of aromatic nitrogens is 4. The van der Waals surface area contributed by atoms with Gasteiger partial charge >= 0.3 is 0 Å². The molecule has 1 aliphatic carbocycles. The lowest BCUT2D eigenvalue weighted by Gasteiger charge is -2.22. The summed E-state index contributed by atoms with van der Waals surface area (Å²) in [5.41, 5.74) is 9.88. The summed E-state index contributed by atoms with van der Waals surface area (Å²) in [6.45, 7) is 1.39. The third-order valence-corrected chi connectivity index (χ3v) is 7.18. The minimum absolute atomic E-state index is 0.0579. The molecule has 31 heavy (non-hydrogen) atoms. The van der Waals surface area contributed by atoms with Crippen molar-refractivity contribution < 1.29 is 4.79 Å². The van der Waals surface area contributed by atoms with Crippen molar-refractivity contribution in [2.45, 2.75) is 44.3 Å². The molecule has 1 atom stereocenters. The van der Waals surface area contributed by atoms with Crippen LogP contribution in [-0.4, -0.2) is 49.7 Å². The topological polar surface area (TPSA) is 111 Å². The number of fused-ring (bicyclic) bond motifs is 1. The van der Waals surface area contributed by atoms with Crippen LogP contribution in [-0.2, 0) is 11.3 Å². The highest BCUT2D eigenvalue weighted by molar-refractivity contribution is 7.99. The van der Waals surface area contributed by atoms with E-state index < -0.39 is 0 Å². The van der Waals surface area contributed by atoms with Gasteiger partial charge in [0.2, 0.25) is 5.91 Å². The molecule has 5 rings (SSSR count). The van der Waals surface area contributed by atoms with Gasteiger partial charge in [0.15, 0.2) is 5.65 Å². The maximum Gasteiger partial charge on any atom is 0.238 e. The first-order chi connectivity index (χ1) is 15.2. The normalized spacial score (nSPS) is 19.7. The minimum atomic E-state index is -0.105. The number of amides is 1. The number of nitrogens with two attached hydrogens (primary N) is 1. The molecule has 3 heterocycles. The van der Waals surface area contributed by atoms with Crippen LogP contribution in [0.25, 0.3) is 22.3 Å². The molecule has 162 valence electrons. The first kappa shape index (κ1) is 20.3. The summed E-state index contributed by atoms with van der Waals surface area (Å²) in [6.07, 6.45) is 6.19. The maximum absolute atomic E-state index is 12.3. The number of thioether (sulfide) groups is 1. The molecule has 3 aromatic rings. The number of nitrogen functional groups attached to an aromatic ring is 1. The molecule has 0 spiro atoms. The summed E-state index contributed by atoms with van der Waals surface area (Å²) in [5.74, 6) is 2.40. The summed E-state index contributed by atoms with van der Waals surface area (Å²) in [4.78, 5) is 21.0. The van der Waals surface area contributed by atoms with Crippen molar-refractivity contribution >= 4 is 34.5 Å². The van der Waals surface area contributed by atoms with E-state index in [1.807, 2.05) is 40.7 Å². The Labute approximate surface area is 185 Å². The molecule has 1 aromatic carbocycles. The van der Waals surface area contributed by atoms with Gasteiger partial charge < -0.3 is 16.4 Å². The van der Waals surface area contributed by atoms with Crippen LogP contribution >= 0.6 is 11.8 Å². The van der Waals surface area contributed by atoms with E-state index in [2.05, 4.69) is 20.6 Å². The zero-order chi connectivity index (χ0) is 21.2. The Bertz CT molecular complexity index is 1070. The minimum Gasteiger partial charge on any atom is -0.383 e. The van der Waals surface area contributed by atoms with Crippen LogP contribution < -0.4 is 16.4 Å². The maximum atomic E-state index is 12.3. The molecule has 8 nitrogen and oxygen atoms in total. The van der Waals surface area contributed by atoms with Gasteiger partial charge in [-0.15, -0.1) is 0 Å². The van der Waals surface area contributed by atoms with Crippen molar-refractivity contribution in [1.82, 2.24) is 30.4 Å². The first-order valence-corrected chi connectivity index (χ1v) is 12.0. The Morgan fingerprint density at radius 3 is 2.77 bits per heavy atom. The number of benzene rings is 1. The lowest BCUT2D eigenvalue weighted by atomic mass is 10.1. The van der Waals surface area contributed by atoms with E-state index in [1.54, 1.807) is 0 Å². The Balaban J connectivity index is 1.36. The van der Waals surface area contributed by atoms with E-state index in [0.29, 0.717) is 18.4 Å². The highest BCUT2D eigenvalue weighted by Gasteiger charge is 2.24. The number of rotatable bonds is 5. The quantitative estimate of drug-likeness (QED) is 0.562. The Hall–Kier alpha value is -2.65. The van der Waals surface area contributed by atoms with Crippen LogP contribution in [0.2, 0.25) is 0 Å².